The van der Waals surface area contributed by atoms with Gasteiger partial charge in [0.05, 0.1) is 0 Å². The number of halogens is 1. The van der Waals surface area contributed by atoms with Crippen molar-refractivity contribution >= 4 is 28.0 Å². The van der Waals surface area contributed by atoms with Crippen LogP contribution in [0, 0.1) is 5.92 Å². The molecule has 1 saturated heterocycles. The van der Waals surface area contributed by atoms with Crippen molar-refractivity contribution in [3.8, 4) is 0 Å². The molecule has 0 unspecified atom stereocenters. The van der Waals surface area contributed by atoms with Crippen LogP contribution in [0.15, 0.2) is 34.8 Å². The van der Waals surface area contributed by atoms with Crippen LogP contribution in [0.3, 0.4) is 0 Å². The van der Waals surface area contributed by atoms with Gasteiger partial charge in [-0.15, -0.1) is 0 Å². The highest BCUT2D eigenvalue weighted by Gasteiger charge is 2.33. The van der Waals surface area contributed by atoms with Crippen molar-refractivity contribution < 1.29 is 9.53 Å². The minimum Gasteiger partial charge on any atom is -0.456 e. The number of hydrogen-bond acceptors (Lipinski definition) is 3. The summed E-state index contributed by atoms with van der Waals surface area (Å²) in [4.78, 5) is 12.0. The topological polar surface area (TPSA) is 38.3 Å². The fraction of sp³-hybridized carbons (Fsp3) is 0.471. The second-order valence-corrected chi connectivity index (χ2v) is 6.76. The molecule has 1 aromatic carbocycles. The number of carbonyl (C=O) groups excluding carboxylic acids is 1. The Morgan fingerprint density at radius 1 is 1.33 bits per heavy atom. The van der Waals surface area contributed by atoms with Crippen LogP contribution in [0.2, 0.25) is 0 Å². The lowest BCUT2D eigenvalue weighted by molar-refractivity contribution is -0.156. The van der Waals surface area contributed by atoms with E-state index < -0.39 is 5.60 Å². The van der Waals surface area contributed by atoms with Gasteiger partial charge in [0, 0.05) is 16.5 Å². The van der Waals surface area contributed by atoms with E-state index >= 15 is 0 Å². The van der Waals surface area contributed by atoms with Crippen molar-refractivity contribution in [3.05, 3.63) is 40.4 Å². The van der Waals surface area contributed by atoms with Gasteiger partial charge in [-0.05, 0) is 57.5 Å². The zero-order chi connectivity index (χ0) is 15.3. The summed E-state index contributed by atoms with van der Waals surface area (Å²) in [6.07, 6.45) is 5.39. The van der Waals surface area contributed by atoms with E-state index in [9.17, 15) is 4.79 Å². The smallest absolute Gasteiger partial charge is 0.331 e. The molecule has 0 aromatic heterocycles. The highest BCUT2D eigenvalue weighted by Crippen LogP contribution is 2.29. The number of piperidine rings is 1. The van der Waals surface area contributed by atoms with Crippen molar-refractivity contribution in [1.82, 2.24) is 5.32 Å². The molecule has 0 atom stereocenters. The number of hydrogen-bond donors (Lipinski definition) is 1. The van der Waals surface area contributed by atoms with Gasteiger partial charge < -0.3 is 10.1 Å². The minimum atomic E-state index is -0.419. The average Bonchev–Trinajstić information content (AvgIpc) is 2.47. The van der Waals surface area contributed by atoms with Gasteiger partial charge in [0.25, 0.3) is 0 Å². The van der Waals surface area contributed by atoms with Crippen molar-refractivity contribution in [2.45, 2.75) is 32.3 Å². The molecule has 3 nitrogen and oxygen atoms in total. The van der Waals surface area contributed by atoms with Gasteiger partial charge in [0.1, 0.15) is 5.60 Å². The largest absolute Gasteiger partial charge is 0.456 e. The first-order valence-corrected chi connectivity index (χ1v) is 8.14. The summed E-state index contributed by atoms with van der Waals surface area (Å²) in [5, 5.41) is 3.33. The quantitative estimate of drug-likeness (QED) is 0.662. The molecule has 0 radical (unpaired) electrons. The molecule has 0 amide bonds. The van der Waals surface area contributed by atoms with Crippen LogP contribution in [-0.2, 0) is 9.53 Å². The fourth-order valence-electron chi connectivity index (χ4n) is 2.66. The molecule has 0 spiro atoms. The number of carbonyl (C=O) groups is 1. The third-order valence-electron chi connectivity index (χ3n) is 3.99. The van der Waals surface area contributed by atoms with E-state index in [0.29, 0.717) is 5.92 Å². The summed E-state index contributed by atoms with van der Waals surface area (Å²) in [7, 11) is 0. The van der Waals surface area contributed by atoms with Gasteiger partial charge in [-0.1, -0.05) is 34.1 Å². The standard InChI is InChI=1S/C17H22BrNO2/c1-17(2,14-9-11-19-12-10-14)21-16(20)8-7-13-5-3-4-6-15(13)18/h3-8,14,19H,9-12H2,1-2H3/b8-7+. The molecular weight excluding hydrogens is 330 g/mol. The first-order chi connectivity index (χ1) is 9.99. The maximum Gasteiger partial charge on any atom is 0.331 e. The third kappa shape index (κ3) is 4.68. The molecule has 1 aliphatic heterocycles. The fourth-order valence-corrected chi connectivity index (χ4v) is 3.08. The number of ether oxygens (including phenoxy) is 1. The Hall–Kier alpha value is -1.13. The van der Waals surface area contributed by atoms with Crippen LogP contribution in [0.4, 0.5) is 0 Å². The molecule has 1 aliphatic rings. The lowest BCUT2D eigenvalue weighted by atomic mass is 9.83. The highest BCUT2D eigenvalue weighted by atomic mass is 79.9. The lowest BCUT2D eigenvalue weighted by Gasteiger charge is -2.36. The van der Waals surface area contributed by atoms with Crippen molar-refractivity contribution in [1.29, 1.82) is 0 Å². The summed E-state index contributed by atoms with van der Waals surface area (Å²) in [6, 6.07) is 7.78. The molecule has 0 aliphatic carbocycles. The molecule has 114 valence electrons. The first kappa shape index (κ1) is 16.2. The van der Waals surface area contributed by atoms with Crippen LogP contribution in [0.5, 0.6) is 0 Å². The Kier molecular flexibility index (Phi) is 5.59. The number of benzene rings is 1. The highest BCUT2D eigenvalue weighted by molar-refractivity contribution is 9.10. The summed E-state index contributed by atoms with van der Waals surface area (Å²) in [6.45, 7) is 6.01. The van der Waals surface area contributed by atoms with Gasteiger partial charge in [-0.25, -0.2) is 4.79 Å². The van der Waals surface area contributed by atoms with E-state index in [1.54, 1.807) is 6.08 Å². The van der Waals surface area contributed by atoms with E-state index in [1.807, 2.05) is 38.1 Å². The molecule has 4 heteroatoms. The van der Waals surface area contributed by atoms with E-state index in [0.717, 1.165) is 36.0 Å². The second kappa shape index (κ2) is 7.23. The number of nitrogens with one attached hydrogen (secondary N) is 1. The summed E-state index contributed by atoms with van der Waals surface area (Å²) >= 11 is 3.46. The molecule has 1 aromatic rings. The van der Waals surface area contributed by atoms with Gasteiger partial charge in [-0.2, -0.15) is 0 Å². The Morgan fingerprint density at radius 2 is 2.00 bits per heavy atom. The SMILES string of the molecule is CC(C)(OC(=O)/C=C/c1ccccc1Br)C1CCNCC1. The van der Waals surface area contributed by atoms with Gasteiger partial charge >= 0.3 is 5.97 Å². The predicted octanol–water partition coefficient (Wildman–Crippen LogP) is 3.78. The molecule has 1 fully saturated rings. The molecule has 0 saturated carbocycles. The van der Waals surface area contributed by atoms with Gasteiger partial charge in [0.15, 0.2) is 0 Å². The number of rotatable bonds is 4. The summed E-state index contributed by atoms with van der Waals surface area (Å²) < 4.78 is 6.63. The Labute approximate surface area is 134 Å². The zero-order valence-electron chi connectivity index (χ0n) is 12.6. The van der Waals surface area contributed by atoms with Crippen LogP contribution in [-0.4, -0.2) is 24.7 Å². The maximum atomic E-state index is 12.0. The Morgan fingerprint density at radius 3 is 2.67 bits per heavy atom. The van der Waals surface area contributed by atoms with Crippen LogP contribution < -0.4 is 5.32 Å². The zero-order valence-corrected chi connectivity index (χ0v) is 14.2. The summed E-state index contributed by atoms with van der Waals surface area (Å²) in [5.41, 5.74) is 0.548. The second-order valence-electron chi connectivity index (χ2n) is 5.90. The van der Waals surface area contributed by atoms with E-state index in [1.165, 1.54) is 6.08 Å². The van der Waals surface area contributed by atoms with Crippen LogP contribution in [0.1, 0.15) is 32.3 Å². The molecule has 0 bridgehead atoms. The molecule has 1 heterocycles. The monoisotopic (exact) mass is 351 g/mol. The van der Waals surface area contributed by atoms with E-state index in [4.69, 9.17) is 4.74 Å². The number of esters is 1. The van der Waals surface area contributed by atoms with Crippen molar-refractivity contribution in [2.24, 2.45) is 5.92 Å². The van der Waals surface area contributed by atoms with Crippen molar-refractivity contribution in [3.63, 3.8) is 0 Å². The first-order valence-electron chi connectivity index (χ1n) is 7.35. The van der Waals surface area contributed by atoms with Crippen LogP contribution in [0.25, 0.3) is 6.08 Å². The predicted molar refractivity (Wildman–Crippen MR) is 88.9 cm³/mol. The van der Waals surface area contributed by atoms with E-state index in [-0.39, 0.29) is 5.97 Å². The Balaban J connectivity index is 1.96. The summed E-state index contributed by atoms with van der Waals surface area (Å²) in [5.74, 6) is 0.133. The normalized spacial score (nSPS) is 17.1. The molecular formula is C17H22BrNO2. The van der Waals surface area contributed by atoms with Crippen molar-refractivity contribution in [2.75, 3.05) is 13.1 Å². The minimum absolute atomic E-state index is 0.283. The molecule has 2 rings (SSSR count). The molecule has 1 N–H and O–H groups in total. The Bertz CT molecular complexity index is 519. The third-order valence-corrected chi connectivity index (χ3v) is 4.71. The van der Waals surface area contributed by atoms with Crippen LogP contribution >= 0.6 is 15.9 Å². The average molecular weight is 352 g/mol. The maximum absolute atomic E-state index is 12.0. The van der Waals surface area contributed by atoms with Gasteiger partial charge in [-0.3, -0.25) is 0 Å². The lowest BCUT2D eigenvalue weighted by Crippen LogP contribution is -2.42. The van der Waals surface area contributed by atoms with E-state index in [2.05, 4.69) is 21.2 Å². The van der Waals surface area contributed by atoms with Gasteiger partial charge in [0.2, 0.25) is 0 Å². The molecule has 21 heavy (non-hydrogen) atoms.